The van der Waals surface area contributed by atoms with Gasteiger partial charge in [-0.05, 0) is 24.5 Å². The topological polar surface area (TPSA) is 73.2 Å². The van der Waals surface area contributed by atoms with E-state index in [0.717, 1.165) is 37.1 Å². The van der Waals surface area contributed by atoms with E-state index in [1.807, 2.05) is 18.2 Å². The van der Waals surface area contributed by atoms with Gasteiger partial charge in [-0.25, -0.2) is 0 Å². The molecule has 0 radical (unpaired) electrons. The summed E-state index contributed by atoms with van der Waals surface area (Å²) in [7, 11) is 0. The van der Waals surface area contributed by atoms with E-state index in [4.69, 9.17) is 4.74 Å². The Kier molecular flexibility index (Phi) is 2.27. The van der Waals surface area contributed by atoms with Crippen LogP contribution >= 0.6 is 0 Å². The zero-order valence-corrected chi connectivity index (χ0v) is 13.9. The number of hydrogen-bond acceptors (Lipinski definition) is 5. The highest BCUT2D eigenvalue weighted by Crippen LogP contribution is 2.77. The molecule has 2 bridgehead atoms. The summed E-state index contributed by atoms with van der Waals surface area (Å²) in [5.41, 5.74) is 0.0230. The van der Waals surface area contributed by atoms with Crippen LogP contribution in [0.15, 0.2) is 36.9 Å². The number of hydrogen-bond donors (Lipinski definition) is 3. The van der Waals surface area contributed by atoms with Crippen molar-refractivity contribution >= 4 is 0 Å². The number of aliphatic hydroxyl groups is 2. The molecular weight excluding hydrogens is 318 g/mol. The minimum atomic E-state index is -0.992. The molecule has 2 spiro atoms. The first-order chi connectivity index (χ1) is 12.0. The molecule has 3 aliphatic carbocycles. The van der Waals surface area contributed by atoms with Gasteiger partial charge in [-0.2, -0.15) is 0 Å². The highest BCUT2D eigenvalue weighted by Gasteiger charge is 2.86. The standard InChI is InChI=1S/C20H21NO4/c1-2-7-21-10-18-6-5-13(23)17-19(9-18)15-11(8-14(21)20(18,19)24)3-4-12(22)16(15)25-17/h2-6,13-14,17,22-24H,1,7-10H2/t13-,14+,17-,18?,19-,20-/m0/s1. The predicted molar refractivity (Wildman–Crippen MR) is 90.6 cm³/mol. The van der Waals surface area contributed by atoms with Crippen LogP contribution in [0.4, 0.5) is 0 Å². The molecule has 5 aliphatic rings. The van der Waals surface area contributed by atoms with Crippen molar-refractivity contribution in [1.29, 1.82) is 0 Å². The molecular formula is C20H21NO4. The molecule has 5 heteroatoms. The van der Waals surface area contributed by atoms with E-state index in [1.165, 1.54) is 0 Å². The van der Waals surface area contributed by atoms with Gasteiger partial charge < -0.3 is 20.1 Å². The van der Waals surface area contributed by atoms with Crippen molar-refractivity contribution in [2.45, 2.75) is 42.1 Å². The molecule has 1 aromatic rings. The lowest BCUT2D eigenvalue weighted by molar-refractivity contribution is -0.229. The minimum absolute atomic E-state index is 0.0386. The summed E-state index contributed by atoms with van der Waals surface area (Å²) in [5.74, 6) is 0.553. The lowest BCUT2D eigenvalue weighted by Crippen LogP contribution is -2.80. The Labute approximate surface area is 145 Å². The van der Waals surface area contributed by atoms with Crippen LogP contribution in [0.25, 0.3) is 0 Å². The largest absolute Gasteiger partial charge is 0.504 e. The van der Waals surface area contributed by atoms with Crippen molar-refractivity contribution in [1.82, 2.24) is 4.90 Å². The van der Waals surface area contributed by atoms with Gasteiger partial charge in [0.15, 0.2) is 11.5 Å². The van der Waals surface area contributed by atoms with Gasteiger partial charge >= 0.3 is 0 Å². The molecule has 1 aromatic carbocycles. The number of aliphatic hydroxyl groups excluding tert-OH is 1. The highest BCUT2D eigenvalue weighted by atomic mass is 16.5. The van der Waals surface area contributed by atoms with Crippen molar-refractivity contribution in [3.8, 4) is 11.5 Å². The van der Waals surface area contributed by atoms with E-state index in [2.05, 4.69) is 11.5 Å². The third-order valence-corrected chi connectivity index (χ3v) is 7.54. The fourth-order valence-electron chi connectivity index (χ4n) is 6.83. The number of rotatable bonds is 2. The van der Waals surface area contributed by atoms with Crippen molar-refractivity contribution in [2.24, 2.45) is 5.41 Å². The van der Waals surface area contributed by atoms with E-state index >= 15 is 0 Å². The average molecular weight is 339 g/mol. The number of ether oxygens (including phenoxy) is 1. The monoisotopic (exact) mass is 339 g/mol. The van der Waals surface area contributed by atoms with E-state index in [9.17, 15) is 15.3 Å². The van der Waals surface area contributed by atoms with E-state index in [-0.39, 0.29) is 17.2 Å². The molecule has 1 saturated heterocycles. The summed E-state index contributed by atoms with van der Waals surface area (Å²) >= 11 is 0. The van der Waals surface area contributed by atoms with Crippen LogP contribution in [0.2, 0.25) is 0 Å². The Morgan fingerprint density at radius 2 is 2.24 bits per heavy atom. The SMILES string of the molecule is C=CCN1CC23C=C[C@H](O)[C@@H]4Oc5c(O)ccc6c5[C@]4(C2)[C@]3(O)[C@H]1C6. The van der Waals surface area contributed by atoms with Crippen LogP contribution in [0.3, 0.4) is 0 Å². The Balaban J connectivity index is 1.68. The van der Waals surface area contributed by atoms with E-state index in [0.29, 0.717) is 5.75 Å². The van der Waals surface area contributed by atoms with Gasteiger partial charge in [-0.15, -0.1) is 6.58 Å². The molecule has 2 heterocycles. The summed E-state index contributed by atoms with van der Waals surface area (Å²) in [6.07, 6.45) is 5.80. The number of likely N-dealkylation sites (tertiary alicyclic amines) is 1. The lowest BCUT2D eigenvalue weighted by Gasteiger charge is -2.67. The molecule has 2 aliphatic heterocycles. The minimum Gasteiger partial charge on any atom is -0.504 e. The molecule has 2 fully saturated rings. The quantitative estimate of drug-likeness (QED) is 0.698. The normalized spacial score (nSPS) is 47.7. The summed E-state index contributed by atoms with van der Waals surface area (Å²) in [6, 6.07) is 3.58. The van der Waals surface area contributed by atoms with Gasteiger partial charge in [-0.3, -0.25) is 4.90 Å². The van der Waals surface area contributed by atoms with Gasteiger partial charge in [0.2, 0.25) is 0 Å². The molecule has 5 nitrogen and oxygen atoms in total. The van der Waals surface area contributed by atoms with Crippen LogP contribution in [-0.2, 0) is 11.8 Å². The average Bonchev–Trinajstić information content (AvgIpc) is 2.98. The fraction of sp³-hybridized carbons (Fsp3) is 0.500. The first-order valence-corrected chi connectivity index (χ1v) is 8.95. The number of nitrogens with zero attached hydrogens (tertiary/aromatic N) is 1. The maximum absolute atomic E-state index is 12.1. The Bertz CT molecular complexity index is 865. The van der Waals surface area contributed by atoms with Crippen LogP contribution in [0, 0.1) is 5.41 Å². The van der Waals surface area contributed by atoms with Crippen LogP contribution < -0.4 is 4.74 Å². The molecule has 130 valence electrons. The van der Waals surface area contributed by atoms with E-state index in [1.54, 1.807) is 12.1 Å². The molecule has 1 unspecified atom stereocenters. The molecule has 1 saturated carbocycles. The third-order valence-electron chi connectivity index (χ3n) is 7.54. The smallest absolute Gasteiger partial charge is 0.165 e. The maximum Gasteiger partial charge on any atom is 0.165 e. The second kappa shape index (κ2) is 3.95. The van der Waals surface area contributed by atoms with Gasteiger partial charge in [0.25, 0.3) is 0 Å². The Morgan fingerprint density at radius 1 is 1.40 bits per heavy atom. The van der Waals surface area contributed by atoms with Crippen LogP contribution in [-0.4, -0.2) is 57.2 Å². The molecule has 0 amide bonds. The van der Waals surface area contributed by atoms with Gasteiger partial charge in [0, 0.05) is 30.1 Å². The van der Waals surface area contributed by atoms with Gasteiger partial charge in [0.1, 0.15) is 17.8 Å². The summed E-state index contributed by atoms with van der Waals surface area (Å²) < 4.78 is 6.10. The van der Waals surface area contributed by atoms with Crippen molar-refractivity contribution < 1.29 is 20.1 Å². The van der Waals surface area contributed by atoms with Gasteiger partial charge in [-0.1, -0.05) is 24.3 Å². The summed E-state index contributed by atoms with van der Waals surface area (Å²) in [5, 5.41) is 33.2. The van der Waals surface area contributed by atoms with E-state index < -0.39 is 23.2 Å². The van der Waals surface area contributed by atoms with Crippen molar-refractivity contribution in [2.75, 3.05) is 13.1 Å². The Hall–Kier alpha value is -1.82. The zero-order chi connectivity index (χ0) is 17.2. The van der Waals surface area contributed by atoms with Crippen molar-refractivity contribution in [3.05, 3.63) is 48.1 Å². The highest BCUT2D eigenvalue weighted by molar-refractivity contribution is 5.66. The second-order valence-electron chi connectivity index (χ2n) is 8.34. The molecule has 25 heavy (non-hydrogen) atoms. The van der Waals surface area contributed by atoms with Crippen molar-refractivity contribution in [3.63, 3.8) is 0 Å². The molecule has 0 aromatic heterocycles. The summed E-state index contributed by atoms with van der Waals surface area (Å²) in [4.78, 5) is 2.31. The number of phenols is 1. The predicted octanol–water partition coefficient (Wildman–Crippen LogP) is 0.869. The van der Waals surface area contributed by atoms with Crippen LogP contribution in [0.1, 0.15) is 17.5 Å². The van der Waals surface area contributed by atoms with Gasteiger partial charge in [0.05, 0.1) is 5.41 Å². The van der Waals surface area contributed by atoms with Crippen LogP contribution in [0.5, 0.6) is 11.5 Å². The molecule has 6 atom stereocenters. The molecule has 6 rings (SSSR count). The second-order valence-corrected chi connectivity index (χ2v) is 8.34. The number of phenolic OH excluding ortho intramolecular Hbond substituents is 1. The first kappa shape index (κ1) is 14.4. The first-order valence-electron chi connectivity index (χ1n) is 8.95. The zero-order valence-electron chi connectivity index (χ0n) is 13.9. The number of aromatic hydroxyl groups is 1. The lowest BCUT2D eigenvalue weighted by atomic mass is 9.37. The molecule has 3 N–H and O–H groups in total. The Morgan fingerprint density at radius 3 is 3.04 bits per heavy atom. The third kappa shape index (κ3) is 1.19. The fourth-order valence-corrected chi connectivity index (χ4v) is 6.83. The maximum atomic E-state index is 12.1. The number of benzene rings is 1. The summed E-state index contributed by atoms with van der Waals surface area (Å²) in [6.45, 7) is 5.36.